The van der Waals surface area contributed by atoms with Crippen LogP contribution in [0.3, 0.4) is 0 Å². The molecule has 3 atom stereocenters. The van der Waals surface area contributed by atoms with Crippen molar-refractivity contribution in [2.45, 2.75) is 56.5 Å². The van der Waals surface area contributed by atoms with Gasteiger partial charge in [0.1, 0.15) is 0 Å². The van der Waals surface area contributed by atoms with Crippen molar-refractivity contribution in [2.75, 3.05) is 13.7 Å². The molecule has 0 amide bonds. The van der Waals surface area contributed by atoms with Crippen LogP contribution in [0.2, 0.25) is 0 Å². The van der Waals surface area contributed by atoms with Crippen LogP contribution < -0.4 is 5.32 Å². The Morgan fingerprint density at radius 2 is 2.24 bits per heavy atom. The van der Waals surface area contributed by atoms with E-state index in [1.165, 1.54) is 20.0 Å². The molecule has 1 spiro atoms. The molecule has 98 valence electrons. The van der Waals surface area contributed by atoms with Gasteiger partial charge in [-0.1, -0.05) is 12.8 Å². The van der Waals surface area contributed by atoms with Gasteiger partial charge in [0.15, 0.2) is 0 Å². The van der Waals surface area contributed by atoms with Crippen LogP contribution in [0, 0.1) is 5.92 Å². The van der Waals surface area contributed by atoms with Gasteiger partial charge in [0, 0.05) is 24.1 Å². The van der Waals surface area contributed by atoms with Gasteiger partial charge in [0.2, 0.25) is 0 Å². The second-order valence-corrected chi connectivity index (χ2v) is 5.44. The maximum Gasteiger partial charge on any atom is 0.307 e. The Hall–Kier alpha value is -0.610. The van der Waals surface area contributed by atoms with Crippen LogP contribution >= 0.6 is 0 Å². The van der Waals surface area contributed by atoms with E-state index in [9.17, 15) is 9.90 Å². The number of carbonyl (C=O) groups excluding carboxylic acids is 1. The quantitative estimate of drug-likeness (QED) is 0.730. The molecule has 0 bridgehead atoms. The zero-order valence-electron chi connectivity index (χ0n) is 10.6. The summed E-state index contributed by atoms with van der Waals surface area (Å²) in [6.45, 7) is 0.262. The molecule has 1 heterocycles. The van der Waals surface area contributed by atoms with Crippen LogP contribution in [0.25, 0.3) is 0 Å². The lowest BCUT2D eigenvalue weighted by molar-refractivity contribution is -0.141. The van der Waals surface area contributed by atoms with Crippen molar-refractivity contribution in [3.05, 3.63) is 0 Å². The van der Waals surface area contributed by atoms with Crippen LogP contribution in [0.4, 0.5) is 0 Å². The first-order valence-electron chi connectivity index (χ1n) is 6.65. The minimum atomic E-state index is -0.143. The van der Waals surface area contributed by atoms with Crippen molar-refractivity contribution >= 4 is 5.97 Å². The Morgan fingerprint density at radius 1 is 1.41 bits per heavy atom. The second-order valence-electron chi connectivity index (χ2n) is 5.44. The van der Waals surface area contributed by atoms with E-state index >= 15 is 0 Å². The average Bonchev–Trinajstić information content (AvgIpc) is 2.73. The van der Waals surface area contributed by atoms with Gasteiger partial charge < -0.3 is 15.2 Å². The van der Waals surface area contributed by atoms with E-state index in [1.54, 1.807) is 0 Å². The Labute approximate surface area is 103 Å². The van der Waals surface area contributed by atoms with Crippen molar-refractivity contribution in [3.8, 4) is 0 Å². The maximum absolute atomic E-state index is 11.3. The Balaban J connectivity index is 1.96. The van der Waals surface area contributed by atoms with E-state index in [2.05, 4.69) is 5.32 Å². The highest BCUT2D eigenvalue weighted by molar-refractivity contribution is 5.70. The van der Waals surface area contributed by atoms with Crippen molar-refractivity contribution in [2.24, 2.45) is 5.92 Å². The molecule has 2 aliphatic rings. The number of rotatable bonds is 3. The highest BCUT2D eigenvalue weighted by Crippen LogP contribution is 2.41. The molecule has 0 unspecified atom stereocenters. The number of ether oxygens (including phenoxy) is 1. The zero-order valence-corrected chi connectivity index (χ0v) is 10.6. The van der Waals surface area contributed by atoms with Crippen molar-refractivity contribution in [3.63, 3.8) is 0 Å². The molecule has 2 rings (SSSR count). The number of hydrogen-bond acceptors (Lipinski definition) is 4. The summed E-state index contributed by atoms with van der Waals surface area (Å²) < 4.78 is 4.71. The van der Waals surface area contributed by atoms with Gasteiger partial charge >= 0.3 is 5.97 Å². The van der Waals surface area contributed by atoms with Gasteiger partial charge in [0.25, 0.3) is 0 Å². The third kappa shape index (κ3) is 2.63. The number of aliphatic hydroxyl groups excluding tert-OH is 1. The van der Waals surface area contributed by atoms with Gasteiger partial charge in [0.05, 0.1) is 13.5 Å². The lowest BCUT2D eigenvalue weighted by Gasteiger charge is -2.41. The molecular formula is C13H23NO3. The van der Waals surface area contributed by atoms with Gasteiger partial charge in [-0.2, -0.15) is 0 Å². The molecule has 1 saturated heterocycles. The average molecular weight is 241 g/mol. The predicted molar refractivity (Wildman–Crippen MR) is 64.6 cm³/mol. The van der Waals surface area contributed by atoms with Crippen LogP contribution in [-0.2, 0) is 9.53 Å². The number of hydrogen-bond donors (Lipinski definition) is 2. The van der Waals surface area contributed by atoms with Gasteiger partial charge in [-0.25, -0.2) is 0 Å². The van der Waals surface area contributed by atoms with E-state index < -0.39 is 0 Å². The highest BCUT2D eigenvalue weighted by Gasteiger charge is 2.45. The highest BCUT2D eigenvalue weighted by atomic mass is 16.5. The normalized spacial score (nSPS) is 37.3. The lowest BCUT2D eigenvalue weighted by atomic mass is 9.72. The van der Waals surface area contributed by atoms with Crippen molar-refractivity contribution < 1.29 is 14.6 Å². The molecule has 2 fully saturated rings. The van der Waals surface area contributed by atoms with Gasteiger partial charge in [-0.3, -0.25) is 4.79 Å². The fraction of sp³-hybridized carbons (Fsp3) is 0.923. The maximum atomic E-state index is 11.3. The van der Waals surface area contributed by atoms with Crippen LogP contribution in [-0.4, -0.2) is 36.4 Å². The van der Waals surface area contributed by atoms with Crippen LogP contribution in [0.15, 0.2) is 0 Å². The minimum absolute atomic E-state index is 0.0890. The van der Waals surface area contributed by atoms with Crippen LogP contribution in [0.1, 0.15) is 44.9 Å². The number of methoxy groups -OCH3 is 1. The summed E-state index contributed by atoms with van der Waals surface area (Å²) in [5.41, 5.74) is 0.0890. The summed E-state index contributed by atoms with van der Waals surface area (Å²) in [6, 6.07) is 0.231. The monoisotopic (exact) mass is 241 g/mol. The van der Waals surface area contributed by atoms with Crippen molar-refractivity contribution in [1.29, 1.82) is 0 Å². The Bertz CT molecular complexity index is 282. The summed E-state index contributed by atoms with van der Waals surface area (Å²) in [5, 5.41) is 13.1. The lowest BCUT2D eigenvalue weighted by Crippen LogP contribution is -2.52. The first-order chi connectivity index (χ1) is 8.20. The third-order valence-electron chi connectivity index (χ3n) is 4.50. The van der Waals surface area contributed by atoms with E-state index in [0.717, 1.165) is 25.7 Å². The van der Waals surface area contributed by atoms with Crippen molar-refractivity contribution in [1.82, 2.24) is 5.32 Å². The topological polar surface area (TPSA) is 58.6 Å². The number of esters is 1. The third-order valence-corrected chi connectivity index (χ3v) is 4.50. The minimum Gasteiger partial charge on any atom is -0.469 e. The van der Waals surface area contributed by atoms with E-state index in [1.807, 2.05) is 0 Å². The second kappa shape index (κ2) is 5.36. The number of carbonyl (C=O) groups is 1. The fourth-order valence-corrected chi connectivity index (χ4v) is 3.52. The molecule has 1 aliphatic carbocycles. The number of nitrogens with one attached hydrogen (secondary N) is 1. The summed E-state index contributed by atoms with van der Waals surface area (Å²) in [4.78, 5) is 11.3. The van der Waals surface area contributed by atoms with E-state index in [4.69, 9.17) is 4.74 Å². The standard InChI is InChI=1S/C13H23NO3/c1-17-12(16)8-11-5-7-13(14-11)6-3-2-4-10(13)9-15/h10-11,14-15H,2-9H2,1H3/t10-,11+,13+/m1/s1. The summed E-state index contributed by atoms with van der Waals surface area (Å²) in [7, 11) is 1.43. The zero-order chi connectivity index (χ0) is 12.3. The smallest absolute Gasteiger partial charge is 0.307 e. The predicted octanol–water partition coefficient (Wildman–Crippen LogP) is 1.22. The number of aliphatic hydroxyl groups is 1. The molecule has 17 heavy (non-hydrogen) atoms. The molecule has 1 saturated carbocycles. The molecule has 0 aromatic heterocycles. The molecule has 4 heteroatoms. The van der Waals surface area contributed by atoms with Crippen LogP contribution in [0.5, 0.6) is 0 Å². The van der Waals surface area contributed by atoms with E-state index in [0.29, 0.717) is 12.3 Å². The SMILES string of the molecule is COC(=O)C[C@@H]1CC[C@]2(CCCC[C@@H]2CO)N1. The van der Waals surface area contributed by atoms with E-state index in [-0.39, 0.29) is 24.2 Å². The summed E-state index contributed by atoms with van der Waals surface area (Å²) >= 11 is 0. The first kappa shape index (κ1) is 12.8. The molecule has 0 aromatic rings. The summed E-state index contributed by atoms with van der Waals surface area (Å²) in [5.74, 6) is 0.217. The Kier molecular flexibility index (Phi) is 4.05. The molecule has 0 radical (unpaired) electrons. The molecule has 4 nitrogen and oxygen atoms in total. The largest absolute Gasteiger partial charge is 0.469 e. The van der Waals surface area contributed by atoms with Gasteiger partial charge in [-0.15, -0.1) is 0 Å². The molecule has 1 aliphatic heterocycles. The molecule has 0 aromatic carbocycles. The summed E-state index contributed by atoms with van der Waals surface area (Å²) in [6.07, 6.45) is 7.25. The first-order valence-corrected chi connectivity index (χ1v) is 6.65. The Morgan fingerprint density at radius 3 is 2.94 bits per heavy atom. The fourth-order valence-electron chi connectivity index (χ4n) is 3.52. The van der Waals surface area contributed by atoms with Gasteiger partial charge in [-0.05, 0) is 25.7 Å². The molecule has 2 N–H and O–H groups in total. The molecular weight excluding hydrogens is 218 g/mol.